The molecule has 6 nitrogen and oxygen atoms in total. The van der Waals surface area contributed by atoms with Crippen LogP contribution >= 0.6 is 0 Å². The Morgan fingerprint density at radius 3 is 2.91 bits per heavy atom. The number of nitrogens with one attached hydrogen (secondary N) is 2. The molecule has 1 saturated carbocycles. The predicted octanol–water partition coefficient (Wildman–Crippen LogP) is 2.21. The Balaban J connectivity index is 1.37. The first-order chi connectivity index (χ1) is 11.3. The smallest absolute Gasteiger partial charge is 0.272 e. The average Bonchev–Trinajstić information content (AvgIpc) is 3.09. The topological polar surface area (TPSA) is 73.9 Å². The van der Waals surface area contributed by atoms with E-state index in [1.807, 2.05) is 18.3 Å². The lowest BCUT2D eigenvalue weighted by molar-refractivity contribution is 0.0946. The Morgan fingerprint density at radius 1 is 1.30 bits per heavy atom. The van der Waals surface area contributed by atoms with Crippen molar-refractivity contribution in [1.29, 1.82) is 0 Å². The summed E-state index contributed by atoms with van der Waals surface area (Å²) in [6.07, 6.45) is 6.66. The zero-order chi connectivity index (χ0) is 15.6. The molecular weight excluding hydrogens is 290 g/mol. The summed E-state index contributed by atoms with van der Waals surface area (Å²) < 4.78 is 0. The molecule has 0 aromatic carbocycles. The molecule has 1 aliphatic carbocycles. The minimum absolute atomic E-state index is 0.132. The molecule has 2 aromatic rings. The molecule has 3 heterocycles. The first-order valence-corrected chi connectivity index (χ1v) is 8.33. The van der Waals surface area contributed by atoms with Gasteiger partial charge in [0, 0.05) is 37.4 Å². The second-order valence-electron chi connectivity index (χ2n) is 6.38. The van der Waals surface area contributed by atoms with E-state index in [0.717, 1.165) is 30.2 Å². The van der Waals surface area contributed by atoms with Gasteiger partial charge in [0.1, 0.15) is 11.5 Å². The van der Waals surface area contributed by atoms with Gasteiger partial charge in [-0.2, -0.15) is 5.10 Å². The molecule has 1 amide bonds. The van der Waals surface area contributed by atoms with E-state index in [2.05, 4.69) is 31.5 Å². The number of H-pyrrole nitrogens is 1. The van der Waals surface area contributed by atoms with Gasteiger partial charge in [-0.3, -0.25) is 9.89 Å². The molecule has 1 saturated heterocycles. The number of carbonyl (C=O) groups is 1. The van der Waals surface area contributed by atoms with E-state index < -0.39 is 0 Å². The molecule has 0 atom stereocenters. The Hall–Kier alpha value is -2.37. The SMILES string of the molecule is O=C(NCc1ccnc(N2CCCC2)c1)c1cc(C2CC2)[nH]n1. The van der Waals surface area contributed by atoms with Crippen molar-refractivity contribution in [2.45, 2.75) is 38.1 Å². The molecule has 0 unspecified atom stereocenters. The van der Waals surface area contributed by atoms with Gasteiger partial charge >= 0.3 is 0 Å². The van der Waals surface area contributed by atoms with Gasteiger partial charge in [0.05, 0.1) is 0 Å². The highest BCUT2D eigenvalue weighted by atomic mass is 16.1. The molecule has 2 N–H and O–H groups in total. The van der Waals surface area contributed by atoms with Crippen LogP contribution in [0.3, 0.4) is 0 Å². The third-order valence-corrected chi connectivity index (χ3v) is 4.54. The maximum absolute atomic E-state index is 12.2. The van der Waals surface area contributed by atoms with Crippen LogP contribution in [0, 0.1) is 0 Å². The maximum atomic E-state index is 12.2. The van der Waals surface area contributed by atoms with Gasteiger partial charge in [0.25, 0.3) is 5.91 Å². The van der Waals surface area contributed by atoms with E-state index in [1.165, 1.54) is 25.7 Å². The molecule has 0 bridgehead atoms. The van der Waals surface area contributed by atoms with Gasteiger partial charge in [-0.15, -0.1) is 0 Å². The van der Waals surface area contributed by atoms with E-state index >= 15 is 0 Å². The summed E-state index contributed by atoms with van der Waals surface area (Å²) in [4.78, 5) is 18.9. The van der Waals surface area contributed by atoms with Crippen LogP contribution in [0.5, 0.6) is 0 Å². The number of carbonyl (C=O) groups excluding carboxylic acids is 1. The number of aromatic amines is 1. The van der Waals surface area contributed by atoms with Gasteiger partial charge in [0.2, 0.25) is 0 Å². The summed E-state index contributed by atoms with van der Waals surface area (Å²) in [6, 6.07) is 5.88. The van der Waals surface area contributed by atoms with Crippen LogP contribution in [0.4, 0.5) is 5.82 Å². The molecule has 2 fully saturated rings. The van der Waals surface area contributed by atoms with E-state index in [4.69, 9.17) is 0 Å². The number of anilines is 1. The Bertz CT molecular complexity index is 701. The van der Waals surface area contributed by atoms with E-state index in [0.29, 0.717) is 18.2 Å². The molecule has 2 aliphatic rings. The predicted molar refractivity (Wildman–Crippen MR) is 87.4 cm³/mol. The lowest BCUT2D eigenvalue weighted by atomic mass is 10.2. The van der Waals surface area contributed by atoms with Gasteiger partial charge < -0.3 is 10.2 Å². The Morgan fingerprint density at radius 2 is 2.13 bits per heavy atom. The van der Waals surface area contributed by atoms with Gasteiger partial charge in [0.15, 0.2) is 0 Å². The summed E-state index contributed by atoms with van der Waals surface area (Å²) in [6.45, 7) is 2.63. The third-order valence-electron chi connectivity index (χ3n) is 4.54. The minimum Gasteiger partial charge on any atom is -0.357 e. The second-order valence-corrected chi connectivity index (χ2v) is 6.38. The van der Waals surface area contributed by atoms with Crippen LogP contribution in [-0.4, -0.2) is 34.2 Å². The quantitative estimate of drug-likeness (QED) is 0.888. The normalized spacial score (nSPS) is 17.5. The van der Waals surface area contributed by atoms with E-state index in [-0.39, 0.29) is 5.91 Å². The standard InChI is InChI=1S/C17H21N5O/c23-17(15-10-14(20-21-15)13-3-4-13)19-11-12-5-6-18-16(9-12)22-7-1-2-8-22/h5-6,9-10,13H,1-4,7-8,11H2,(H,19,23)(H,20,21). The van der Waals surface area contributed by atoms with Crippen molar-refractivity contribution in [3.8, 4) is 0 Å². The molecule has 23 heavy (non-hydrogen) atoms. The lowest BCUT2D eigenvalue weighted by Crippen LogP contribution is -2.24. The Labute approximate surface area is 135 Å². The molecule has 0 radical (unpaired) electrons. The fourth-order valence-electron chi connectivity index (χ4n) is 3.02. The zero-order valence-electron chi connectivity index (χ0n) is 13.1. The van der Waals surface area contributed by atoms with Crippen LogP contribution in [0.15, 0.2) is 24.4 Å². The van der Waals surface area contributed by atoms with Crippen molar-refractivity contribution in [1.82, 2.24) is 20.5 Å². The second kappa shape index (κ2) is 6.02. The van der Waals surface area contributed by atoms with Crippen LogP contribution in [0.25, 0.3) is 0 Å². The lowest BCUT2D eigenvalue weighted by Gasteiger charge is -2.16. The maximum Gasteiger partial charge on any atom is 0.272 e. The minimum atomic E-state index is -0.132. The van der Waals surface area contributed by atoms with Crippen LogP contribution in [0.2, 0.25) is 0 Å². The molecular formula is C17H21N5O. The third kappa shape index (κ3) is 3.21. The highest BCUT2D eigenvalue weighted by molar-refractivity contribution is 5.92. The summed E-state index contributed by atoms with van der Waals surface area (Å²) in [5.41, 5.74) is 2.62. The molecule has 1 aliphatic heterocycles. The Kier molecular flexibility index (Phi) is 3.73. The first kappa shape index (κ1) is 14.2. The number of hydrogen-bond acceptors (Lipinski definition) is 4. The first-order valence-electron chi connectivity index (χ1n) is 8.33. The van der Waals surface area contributed by atoms with Gasteiger partial charge in [-0.25, -0.2) is 4.98 Å². The molecule has 2 aromatic heterocycles. The summed E-state index contributed by atoms with van der Waals surface area (Å²) >= 11 is 0. The zero-order valence-corrected chi connectivity index (χ0v) is 13.1. The highest BCUT2D eigenvalue weighted by Gasteiger charge is 2.26. The van der Waals surface area contributed by atoms with Crippen molar-refractivity contribution < 1.29 is 4.79 Å². The number of nitrogens with zero attached hydrogens (tertiary/aromatic N) is 3. The van der Waals surface area contributed by atoms with Crippen molar-refractivity contribution in [2.75, 3.05) is 18.0 Å². The molecule has 4 rings (SSSR count). The molecule has 120 valence electrons. The number of rotatable bonds is 5. The van der Waals surface area contributed by atoms with Crippen molar-refractivity contribution in [3.63, 3.8) is 0 Å². The highest BCUT2D eigenvalue weighted by Crippen LogP contribution is 2.38. The number of amides is 1. The van der Waals surface area contributed by atoms with Crippen molar-refractivity contribution >= 4 is 11.7 Å². The van der Waals surface area contributed by atoms with Crippen LogP contribution in [0.1, 0.15) is 53.3 Å². The van der Waals surface area contributed by atoms with Crippen LogP contribution < -0.4 is 10.2 Å². The van der Waals surface area contributed by atoms with E-state index in [1.54, 1.807) is 0 Å². The van der Waals surface area contributed by atoms with E-state index in [9.17, 15) is 4.79 Å². The fraction of sp³-hybridized carbons (Fsp3) is 0.471. The van der Waals surface area contributed by atoms with Crippen molar-refractivity contribution in [3.05, 3.63) is 41.3 Å². The van der Waals surface area contributed by atoms with Gasteiger partial charge in [-0.1, -0.05) is 0 Å². The monoisotopic (exact) mass is 311 g/mol. The molecule has 6 heteroatoms. The number of aromatic nitrogens is 3. The summed E-state index contributed by atoms with van der Waals surface area (Å²) in [5, 5.41) is 10.0. The summed E-state index contributed by atoms with van der Waals surface area (Å²) in [7, 11) is 0. The fourth-order valence-corrected chi connectivity index (χ4v) is 3.02. The van der Waals surface area contributed by atoms with Crippen molar-refractivity contribution in [2.24, 2.45) is 0 Å². The van der Waals surface area contributed by atoms with Gasteiger partial charge in [-0.05, 0) is 49.4 Å². The summed E-state index contributed by atoms with van der Waals surface area (Å²) in [5.74, 6) is 1.45. The molecule has 0 spiro atoms. The van der Waals surface area contributed by atoms with Crippen LogP contribution in [-0.2, 0) is 6.54 Å². The number of pyridine rings is 1. The average molecular weight is 311 g/mol. The largest absolute Gasteiger partial charge is 0.357 e. The number of hydrogen-bond donors (Lipinski definition) is 2.